The molecule has 7 N–H and O–H groups in total. The average molecular weight is 215 g/mol. The first-order chi connectivity index (χ1) is 7.59. The van der Waals surface area contributed by atoms with Crippen LogP contribution in [0.3, 0.4) is 0 Å². The highest BCUT2D eigenvalue weighted by molar-refractivity contribution is 5.89. The summed E-state index contributed by atoms with van der Waals surface area (Å²) in [5.74, 6) is 0.0374. The summed E-state index contributed by atoms with van der Waals surface area (Å²) >= 11 is 0. The van der Waals surface area contributed by atoms with Gasteiger partial charge in [0, 0.05) is 34.3 Å². The van der Waals surface area contributed by atoms with Gasteiger partial charge in [0.2, 0.25) is 0 Å². The Hall–Kier alpha value is -2.36. The second kappa shape index (κ2) is 3.66. The van der Waals surface area contributed by atoms with Crippen molar-refractivity contribution < 1.29 is 5.11 Å². The zero-order valence-electron chi connectivity index (χ0n) is 8.64. The van der Waals surface area contributed by atoms with E-state index in [1.165, 1.54) is 6.07 Å². The Morgan fingerprint density at radius 3 is 2.19 bits per heavy atom. The lowest BCUT2D eigenvalue weighted by Gasteiger charge is -2.11. The second-order valence-electron chi connectivity index (χ2n) is 3.59. The zero-order valence-corrected chi connectivity index (χ0v) is 8.64. The Bertz CT molecular complexity index is 515. The molecule has 0 amide bonds. The van der Waals surface area contributed by atoms with Gasteiger partial charge in [0.25, 0.3) is 0 Å². The van der Waals surface area contributed by atoms with Crippen LogP contribution in [0.5, 0.6) is 5.75 Å². The van der Waals surface area contributed by atoms with Gasteiger partial charge in [0.05, 0.1) is 0 Å². The number of phenols is 1. The fraction of sp³-hybridized carbons (Fsp3) is 0. The first-order valence-electron chi connectivity index (χ1n) is 4.82. The molecule has 2 aromatic rings. The van der Waals surface area contributed by atoms with E-state index in [9.17, 15) is 5.11 Å². The third-order valence-electron chi connectivity index (χ3n) is 2.40. The standard InChI is InChI=1S/C12H13N3O/c13-7-5-10(15)12(11(16)6-7)8-3-1-2-4-9(8)14/h1-6,16H,13-15H2. The quantitative estimate of drug-likeness (QED) is 0.545. The minimum atomic E-state index is 0.0374. The number of para-hydroxylation sites is 1. The highest BCUT2D eigenvalue weighted by Crippen LogP contribution is 2.38. The summed E-state index contributed by atoms with van der Waals surface area (Å²) in [6, 6.07) is 10.3. The van der Waals surface area contributed by atoms with Crippen LogP contribution in [0.1, 0.15) is 0 Å². The number of nitrogen functional groups attached to an aromatic ring is 3. The Balaban J connectivity index is 2.70. The summed E-state index contributed by atoms with van der Waals surface area (Å²) in [5.41, 5.74) is 19.9. The summed E-state index contributed by atoms with van der Waals surface area (Å²) in [4.78, 5) is 0. The maximum Gasteiger partial charge on any atom is 0.127 e. The van der Waals surface area contributed by atoms with Crippen LogP contribution in [-0.2, 0) is 0 Å². The Labute approximate surface area is 93.3 Å². The van der Waals surface area contributed by atoms with E-state index in [0.29, 0.717) is 28.2 Å². The minimum Gasteiger partial charge on any atom is -0.507 e. The fourth-order valence-corrected chi connectivity index (χ4v) is 1.69. The molecule has 82 valence electrons. The van der Waals surface area contributed by atoms with Crippen molar-refractivity contribution in [1.29, 1.82) is 0 Å². The Morgan fingerprint density at radius 2 is 1.56 bits per heavy atom. The molecule has 0 atom stereocenters. The van der Waals surface area contributed by atoms with Crippen LogP contribution >= 0.6 is 0 Å². The summed E-state index contributed by atoms with van der Waals surface area (Å²) < 4.78 is 0. The lowest BCUT2D eigenvalue weighted by atomic mass is 10.0. The number of nitrogens with two attached hydrogens (primary N) is 3. The van der Waals surface area contributed by atoms with Crippen molar-refractivity contribution in [1.82, 2.24) is 0 Å². The van der Waals surface area contributed by atoms with Gasteiger partial charge < -0.3 is 22.3 Å². The van der Waals surface area contributed by atoms with Crippen LogP contribution < -0.4 is 17.2 Å². The maximum absolute atomic E-state index is 9.83. The number of anilines is 3. The topological polar surface area (TPSA) is 98.3 Å². The highest BCUT2D eigenvalue weighted by atomic mass is 16.3. The number of aromatic hydroxyl groups is 1. The number of hydrogen-bond acceptors (Lipinski definition) is 4. The summed E-state index contributed by atoms with van der Waals surface area (Å²) in [7, 11) is 0. The lowest BCUT2D eigenvalue weighted by molar-refractivity contribution is 0.478. The van der Waals surface area contributed by atoms with Crippen molar-refractivity contribution in [3.8, 4) is 16.9 Å². The van der Waals surface area contributed by atoms with Crippen molar-refractivity contribution in [3.05, 3.63) is 36.4 Å². The van der Waals surface area contributed by atoms with Gasteiger partial charge in [-0.3, -0.25) is 0 Å². The number of phenolic OH excluding ortho intramolecular Hbond substituents is 1. The van der Waals surface area contributed by atoms with Crippen molar-refractivity contribution in [2.24, 2.45) is 0 Å². The van der Waals surface area contributed by atoms with E-state index < -0.39 is 0 Å². The predicted octanol–water partition coefficient (Wildman–Crippen LogP) is 1.81. The van der Waals surface area contributed by atoms with E-state index in [0.717, 1.165) is 0 Å². The van der Waals surface area contributed by atoms with Crippen LogP contribution in [0.25, 0.3) is 11.1 Å². The molecule has 0 spiro atoms. The van der Waals surface area contributed by atoms with E-state index in [4.69, 9.17) is 17.2 Å². The molecule has 0 unspecified atom stereocenters. The maximum atomic E-state index is 9.83. The predicted molar refractivity (Wildman–Crippen MR) is 66.8 cm³/mol. The molecule has 16 heavy (non-hydrogen) atoms. The minimum absolute atomic E-state index is 0.0374. The van der Waals surface area contributed by atoms with Gasteiger partial charge in [-0.1, -0.05) is 18.2 Å². The zero-order chi connectivity index (χ0) is 11.7. The van der Waals surface area contributed by atoms with E-state index in [-0.39, 0.29) is 5.75 Å². The molecular formula is C12H13N3O. The largest absolute Gasteiger partial charge is 0.507 e. The van der Waals surface area contributed by atoms with Gasteiger partial charge in [-0.15, -0.1) is 0 Å². The van der Waals surface area contributed by atoms with Crippen LogP contribution in [0.2, 0.25) is 0 Å². The molecule has 0 saturated heterocycles. The van der Waals surface area contributed by atoms with Crippen LogP contribution in [0.15, 0.2) is 36.4 Å². The smallest absolute Gasteiger partial charge is 0.127 e. The number of rotatable bonds is 1. The molecule has 0 aromatic heterocycles. The first kappa shape index (κ1) is 10.2. The Morgan fingerprint density at radius 1 is 0.875 bits per heavy atom. The summed E-state index contributed by atoms with van der Waals surface area (Å²) in [6.07, 6.45) is 0. The van der Waals surface area contributed by atoms with Gasteiger partial charge in [0.1, 0.15) is 5.75 Å². The third kappa shape index (κ3) is 1.61. The van der Waals surface area contributed by atoms with E-state index in [1.807, 2.05) is 12.1 Å². The van der Waals surface area contributed by atoms with Gasteiger partial charge in [0.15, 0.2) is 0 Å². The molecule has 0 bridgehead atoms. The SMILES string of the molecule is Nc1cc(N)c(-c2ccccc2N)c(O)c1. The van der Waals surface area contributed by atoms with Gasteiger partial charge >= 0.3 is 0 Å². The third-order valence-corrected chi connectivity index (χ3v) is 2.40. The van der Waals surface area contributed by atoms with Crippen LogP contribution in [-0.4, -0.2) is 5.11 Å². The first-order valence-corrected chi connectivity index (χ1v) is 4.82. The molecule has 2 aromatic carbocycles. The van der Waals surface area contributed by atoms with Gasteiger partial charge in [-0.2, -0.15) is 0 Å². The van der Waals surface area contributed by atoms with Gasteiger partial charge in [-0.05, 0) is 12.1 Å². The van der Waals surface area contributed by atoms with E-state index in [2.05, 4.69) is 0 Å². The van der Waals surface area contributed by atoms with E-state index in [1.54, 1.807) is 18.2 Å². The van der Waals surface area contributed by atoms with Crippen molar-refractivity contribution in [2.75, 3.05) is 17.2 Å². The molecule has 4 heteroatoms. The fourth-order valence-electron chi connectivity index (χ4n) is 1.69. The van der Waals surface area contributed by atoms with Gasteiger partial charge in [-0.25, -0.2) is 0 Å². The highest BCUT2D eigenvalue weighted by Gasteiger charge is 2.11. The second-order valence-corrected chi connectivity index (χ2v) is 3.59. The molecular weight excluding hydrogens is 202 g/mol. The van der Waals surface area contributed by atoms with Crippen molar-refractivity contribution >= 4 is 17.1 Å². The average Bonchev–Trinajstić information content (AvgIpc) is 2.19. The molecule has 0 saturated carbocycles. The lowest BCUT2D eigenvalue weighted by Crippen LogP contribution is -1.96. The van der Waals surface area contributed by atoms with Crippen LogP contribution in [0.4, 0.5) is 17.1 Å². The molecule has 0 fully saturated rings. The van der Waals surface area contributed by atoms with Crippen molar-refractivity contribution in [3.63, 3.8) is 0 Å². The molecule has 4 nitrogen and oxygen atoms in total. The molecule has 0 aliphatic rings. The normalized spacial score (nSPS) is 10.2. The Kier molecular flexibility index (Phi) is 2.32. The molecule has 0 heterocycles. The van der Waals surface area contributed by atoms with Crippen LogP contribution in [0, 0.1) is 0 Å². The summed E-state index contributed by atoms with van der Waals surface area (Å²) in [6.45, 7) is 0. The molecule has 2 rings (SSSR count). The molecule has 0 radical (unpaired) electrons. The molecule has 0 aliphatic heterocycles. The number of hydrogen-bond donors (Lipinski definition) is 4. The molecule has 0 aliphatic carbocycles. The van der Waals surface area contributed by atoms with E-state index >= 15 is 0 Å². The monoisotopic (exact) mass is 215 g/mol. The summed E-state index contributed by atoms with van der Waals surface area (Å²) in [5, 5.41) is 9.83. The number of benzene rings is 2. The van der Waals surface area contributed by atoms with Crippen molar-refractivity contribution in [2.45, 2.75) is 0 Å².